The van der Waals surface area contributed by atoms with E-state index in [9.17, 15) is 9.59 Å². The molecule has 2 heterocycles. The lowest BCUT2D eigenvalue weighted by molar-refractivity contribution is -0.137. The van der Waals surface area contributed by atoms with Crippen molar-refractivity contribution in [3.63, 3.8) is 0 Å². The van der Waals surface area contributed by atoms with Crippen molar-refractivity contribution in [3.05, 3.63) is 41.5 Å². The third-order valence-corrected chi connectivity index (χ3v) is 5.34. The second-order valence-corrected chi connectivity index (χ2v) is 7.47. The summed E-state index contributed by atoms with van der Waals surface area (Å²) in [5.74, 6) is -0.0913. The monoisotopic (exact) mass is 401 g/mol. The standard InChI is InChI=1S/C20H23N3O4S/c1-27-15-8-6-7-14(11-15)16-12-23-13-17(28-20(23)22-16)19(26)21-10-5-3-2-4-9-18(24)25/h6-8,11-13H,2-5,9-10H2,1H3,(H,21,26)(H,24,25). The van der Waals surface area contributed by atoms with Crippen LogP contribution in [0.4, 0.5) is 0 Å². The summed E-state index contributed by atoms with van der Waals surface area (Å²) in [5.41, 5.74) is 1.79. The van der Waals surface area contributed by atoms with Gasteiger partial charge in [0, 0.05) is 30.9 Å². The van der Waals surface area contributed by atoms with E-state index in [1.807, 2.05) is 34.9 Å². The molecule has 0 radical (unpaired) electrons. The molecule has 0 saturated heterocycles. The van der Waals surface area contributed by atoms with Crippen molar-refractivity contribution in [1.29, 1.82) is 0 Å². The average Bonchev–Trinajstić information content (AvgIpc) is 3.26. The molecule has 0 atom stereocenters. The van der Waals surface area contributed by atoms with Gasteiger partial charge in [-0.15, -0.1) is 0 Å². The number of carbonyl (C=O) groups excluding carboxylic acids is 1. The van der Waals surface area contributed by atoms with Crippen LogP contribution in [0.2, 0.25) is 0 Å². The maximum atomic E-state index is 12.3. The number of methoxy groups -OCH3 is 1. The third kappa shape index (κ3) is 5.10. The Labute approximate surface area is 167 Å². The summed E-state index contributed by atoms with van der Waals surface area (Å²) in [4.78, 5) is 28.7. The summed E-state index contributed by atoms with van der Waals surface area (Å²) in [6, 6.07) is 7.70. The number of imidazole rings is 1. The molecule has 1 aromatic carbocycles. The predicted molar refractivity (Wildman–Crippen MR) is 108 cm³/mol. The number of fused-ring (bicyclic) bond motifs is 1. The second kappa shape index (κ2) is 9.36. The Morgan fingerprint density at radius 1 is 1.21 bits per heavy atom. The number of benzene rings is 1. The third-order valence-electron chi connectivity index (χ3n) is 4.35. The van der Waals surface area contributed by atoms with Crippen LogP contribution in [0.1, 0.15) is 41.8 Å². The van der Waals surface area contributed by atoms with E-state index in [0.717, 1.165) is 41.2 Å². The van der Waals surface area contributed by atoms with Gasteiger partial charge in [-0.1, -0.05) is 36.3 Å². The largest absolute Gasteiger partial charge is 0.497 e. The van der Waals surface area contributed by atoms with Crippen LogP contribution in [0.15, 0.2) is 36.7 Å². The number of aliphatic carboxylic acids is 1. The molecule has 0 bridgehead atoms. The molecule has 3 aromatic rings. The molecule has 3 rings (SSSR count). The van der Waals surface area contributed by atoms with Crippen molar-refractivity contribution in [1.82, 2.24) is 14.7 Å². The van der Waals surface area contributed by atoms with Crippen molar-refractivity contribution in [3.8, 4) is 17.0 Å². The zero-order valence-corrected chi connectivity index (χ0v) is 16.5. The minimum Gasteiger partial charge on any atom is -0.497 e. The van der Waals surface area contributed by atoms with E-state index in [2.05, 4.69) is 10.3 Å². The first-order valence-electron chi connectivity index (χ1n) is 9.20. The first-order chi connectivity index (χ1) is 13.6. The number of thiazole rings is 1. The number of unbranched alkanes of at least 4 members (excludes halogenated alkanes) is 3. The number of amides is 1. The molecule has 1 amide bonds. The topological polar surface area (TPSA) is 92.9 Å². The first kappa shape index (κ1) is 19.9. The number of nitrogens with one attached hydrogen (secondary N) is 1. The molecule has 28 heavy (non-hydrogen) atoms. The average molecular weight is 401 g/mol. The highest BCUT2D eigenvalue weighted by molar-refractivity contribution is 7.18. The maximum Gasteiger partial charge on any atom is 0.303 e. The van der Waals surface area contributed by atoms with Crippen LogP contribution >= 0.6 is 11.3 Å². The van der Waals surface area contributed by atoms with Crippen LogP contribution in [-0.2, 0) is 4.79 Å². The van der Waals surface area contributed by atoms with Gasteiger partial charge in [0.05, 0.1) is 12.8 Å². The van der Waals surface area contributed by atoms with Gasteiger partial charge in [0.15, 0.2) is 4.96 Å². The quantitative estimate of drug-likeness (QED) is 0.504. The lowest BCUT2D eigenvalue weighted by atomic mass is 10.1. The van der Waals surface area contributed by atoms with Crippen LogP contribution in [0, 0.1) is 0 Å². The van der Waals surface area contributed by atoms with Crippen molar-refractivity contribution >= 4 is 28.2 Å². The molecule has 2 aromatic heterocycles. The molecule has 0 saturated carbocycles. The molecular weight excluding hydrogens is 378 g/mol. The maximum absolute atomic E-state index is 12.3. The summed E-state index contributed by atoms with van der Waals surface area (Å²) in [6.07, 6.45) is 7.19. The number of carbonyl (C=O) groups is 2. The van der Waals surface area contributed by atoms with Crippen LogP contribution < -0.4 is 10.1 Å². The van der Waals surface area contributed by atoms with E-state index in [4.69, 9.17) is 9.84 Å². The molecule has 0 unspecified atom stereocenters. The smallest absolute Gasteiger partial charge is 0.303 e. The number of aromatic nitrogens is 2. The lowest BCUT2D eigenvalue weighted by Crippen LogP contribution is -2.23. The number of rotatable bonds is 10. The van der Waals surface area contributed by atoms with Crippen molar-refractivity contribution < 1.29 is 19.4 Å². The Kier molecular flexibility index (Phi) is 6.65. The molecule has 2 N–H and O–H groups in total. The summed E-state index contributed by atoms with van der Waals surface area (Å²) in [5, 5.41) is 11.5. The molecule has 0 fully saturated rings. The fourth-order valence-electron chi connectivity index (χ4n) is 2.87. The van der Waals surface area contributed by atoms with Crippen molar-refractivity contribution in [2.45, 2.75) is 32.1 Å². The summed E-state index contributed by atoms with van der Waals surface area (Å²) >= 11 is 1.35. The van der Waals surface area contributed by atoms with E-state index in [-0.39, 0.29) is 12.3 Å². The van der Waals surface area contributed by atoms with Gasteiger partial charge in [-0.05, 0) is 25.0 Å². The number of carboxylic acids is 1. The van der Waals surface area contributed by atoms with E-state index in [0.29, 0.717) is 17.8 Å². The molecule has 148 valence electrons. The molecule has 0 aliphatic carbocycles. The van der Waals surface area contributed by atoms with Gasteiger partial charge in [0.1, 0.15) is 10.6 Å². The fraction of sp³-hybridized carbons (Fsp3) is 0.350. The Balaban J connectivity index is 1.52. The highest BCUT2D eigenvalue weighted by Gasteiger charge is 2.13. The summed E-state index contributed by atoms with van der Waals surface area (Å²) < 4.78 is 7.11. The number of ether oxygens (including phenoxy) is 1. The van der Waals surface area contributed by atoms with Gasteiger partial charge in [0.2, 0.25) is 0 Å². The summed E-state index contributed by atoms with van der Waals surface area (Å²) in [7, 11) is 1.63. The molecule has 7 nitrogen and oxygen atoms in total. The SMILES string of the molecule is COc1cccc(-c2cn3cc(C(=O)NCCCCCCC(=O)O)sc3n2)c1. The van der Waals surface area contributed by atoms with Gasteiger partial charge < -0.3 is 15.2 Å². The molecular formula is C20H23N3O4S. The van der Waals surface area contributed by atoms with E-state index in [1.165, 1.54) is 11.3 Å². The Morgan fingerprint density at radius 3 is 2.79 bits per heavy atom. The van der Waals surface area contributed by atoms with Crippen LogP contribution in [0.3, 0.4) is 0 Å². The minimum atomic E-state index is -0.759. The molecule has 0 spiro atoms. The van der Waals surface area contributed by atoms with E-state index >= 15 is 0 Å². The number of hydrogen-bond donors (Lipinski definition) is 2. The Hall–Kier alpha value is -2.87. The van der Waals surface area contributed by atoms with Gasteiger partial charge in [0.25, 0.3) is 5.91 Å². The first-order valence-corrected chi connectivity index (χ1v) is 10.0. The highest BCUT2D eigenvalue weighted by Crippen LogP contribution is 2.26. The minimum absolute atomic E-state index is 0.107. The van der Waals surface area contributed by atoms with Crippen LogP contribution in [0.5, 0.6) is 5.75 Å². The zero-order valence-electron chi connectivity index (χ0n) is 15.7. The van der Waals surface area contributed by atoms with E-state index in [1.54, 1.807) is 13.3 Å². The predicted octanol–water partition coefficient (Wildman–Crippen LogP) is 3.84. The molecule has 8 heteroatoms. The Morgan fingerprint density at radius 2 is 2.04 bits per heavy atom. The normalized spacial score (nSPS) is 10.9. The van der Waals surface area contributed by atoms with Crippen molar-refractivity contribution in [2.75, 3.05) is 13.7 Å². The van der Waals surface area contributed by atoms with Gasteiger partial charge in [-0.2, -0.15) is 0 Å². The van der Waals surface area contributed by atoms with Gasteiger partial charge in [-0.3, -0.25) is 14.0 Å². The second-order valence-electron chi connectivity index (χ2n) is 6.46. The highest BCUT2D eigenvalue weighted by atomic mass is 32.1. The molecule has 0 aliphatic heterocycles. The van der Waals surface area contributed by atoms with E-state index < -0.39 is 5.97 Å². The zero-order chi connectivity index (χ0) is 19.9. The number of carboxylic acid groups (broad SMARTS) is 1. The molecule has 0 aliphatic rings. The van der Waals surface area contributed by atoms with Gasteiger partial charge in [-0.25, -0.2) is 4.98 Å². The van der Waals surface area contributed by atoms with Crippen LogP contribution in [-0.4, -0.2) is 40.0 Å². The van der Waals surface area contributed by atoms with Gasteiger partial charge >= 0.3 is 5.97 Å². The number of hydrogen-bond acceptors (Lipinski definition) is 5. The number of nitrogens with zero attached hydrogens (tertiary/aromatic N) is 2. The Bertz CT molecular complexity index is 932. The lowest BCUT2D eigenvalue weighted by Gasteiger charge is -2.03. The van der Waals surface area contributed by atoms with Crippen molar-refractivity contribution in [2.24, 2.45) is 0 Å². The fourth-order valence-corrected chi connectivity index (χ4v) is 3.75. The van der Waals surface area contributed by atoms with Crippen LogP contribution in [0.25, 0.3) is 16.2 Å². The summed E-state index contributed by atoms with van der Waals surface area (Å²) in [6.45, 7) is 0.585.